The lowest BCUT2D eigenvalue weighted by molar-refractivity contribution is -0.116. The molecular weight excluding hydrogens is 300 g/mol. The van der Waals surface area contributed by atoms with Gasteiger partial charge in [0, 0.05) is 17.6 Å². The van der Waals surface area contributed by atoms with E-state index in [9.17, 15) is 4.79 Å². The second-order valence-corrected chi connectivity index (χ2v) is 5.56. The van der Waals surface area contributed by atoms with E-state index in [0.29, 0.717) is 11.6 Å². The van der Waals surface area contributed by atoms with E-state index >= 15 is 0 Å². The second kappa shape index (κ2) is 7.82. The molecule has 0 saturated heterocycles. The van der Waals surface area contributed by atoms with Crippen molar-refractivity contribution in [1.82, 2.24) is 10.2 Å². The van der Waals surface area contributed by atoms with Gasteiger partial charge in [-0.15, -0.1) is 0 Å². The molecule has 1 heterocycles. The number of rotatable bonds is 6. The third-order valence-corrected chi connectivity index (χ3v) is 3.48. The maximum Gasteiger partial charge on any atom is 0.244 e. The largest absolute Gasteiger partial charge is 0.468 e. The topological polar surface area (TPSA) is 45.5 Å². The average molecular weight is 319 g/mol. The Morgan fingerprint density at radius 3 is 2.82 bits per heavy atom. The summed E-state index contributed by atoms with van der Waals surface area (Å²) < 4.78 is 5.41. The maximum absolute atomic E-state index is 11.9. The number of hydrogen-bond donors (Lipinski definition) is 1. The zero-order chi connectivity index (χ0) is 15.9. The lowest BCUT2D eigenvalue weighted by atomic mass is 10.2. The summed E-state index contributed by atoms with van der Waals surface area (Å²) in [6, 6.07) is 11.1. The molecule has 0 radical (unpaired) electrons. The Bertz CT molecular complexity index is 636. The van der Waals surface area contributed by atoms with Gasteiger partial charge in [-0.05, 0) is 50.0 Å². The number of carbonyl (C=O) groups is 1. The molecule has 0 aliphatic carbocycles. The molecule has 1 aromatic carbocycles. The Balaban J connectivity index is 1.91. The highest BCUT2D eigenvalue weighted by molar-refractivity contribution is 6.30. The van der Waals surface area contributed by atoms with Gasteiger partial charge in [-0.25, -0.2) is 0 Å². The molecule has 22 heavy (non-hydrogen) atoms. The van der Waals surface area contributed by atoms with Gasteiger partial charge in [0.2, 0.25) is 5.91 Å². The minimum Gasteiger partial charge on any atom is -0.468 e. The van der Waals surface area contributed by atoms with Crippen LogP contribution in [0.3, 0.4) is 0 Å². The smallest absolute Gasteiger partial charge is 0.244 e. The van der Waals surface area contributed by atoms with Crippen LogP contribution in [0.15, 0.2) is 53.2 Å². The van der Waals surface area contributed by atoms with E-state index in [4.69, 9.17) is 16.0 Å². The third-order valence-electron chi connectivity index (χ3n) is 3.24. The van der Waals surface area contributed by atoms with Crippen LogP contribution in [0.5, 0.6) is 0 Å². The Kier molecular flexibility index (Phi) is 5.81. The van der Waals surface area contributed by atoms with E-state index in [1.54, 1.807) is 24.5 Å². The Morgan fingerprint density at radius 2 is 2.18 bits per heavy atom. The fourth-order valence-corrected chi connectivity index (χ4v) is 2.26. The van der Waals surface area contributed by atoms with Gasteiger partial charge in [0.15, 0.2) is 0 Å². The van der Waals surface area contributed by atoms with Crippen molar-refractivity contribution in [2.24, 2.45) is 0 Å². The first-order valence-corrected chi connectivity index (χ1v) is 7.35. The molecular formula is C17H19ClN2O2. The van der Waals surface area contributed by atoms with Crippen LogP contribution >= 0.6 is 11.6 Å². The molecule has 5 heteroatoms. The predicted molar refractivity (Wildman–Crippen MR) is 88.6 cm³/mol. The molecule has 2 rings (SSSR count). The van der Waals surface area contributed by atoms with Crippen LogP contribution in [0, 0.1) is 0 Å². The first-order valence-electron chi connectivity index (χ1n) is 6.97. The predicted octanol–water partition coefficient (Wildman–Crippen LogP) is 3.37. The van der Waals surface area contributed by atoms with Crippen LogP contribution in [-0.2, 0) is 4.79 Å². The molecule has 1 atom stereocenters. The minimum atomic E-state index is -0.154. The highest BCUT2D eigenvalue weighted by atomic mass is 35.5. The van der Waals surface area contributed by atoms with Crippen molar-refractivity contribution in [1.29, 1.82) is 0 Å². The van der Waals surface area contributed by atoms with Gasteiger partial charge < -0.3 is 9.73 Å². The van der Waals surface area contributed by atoms with Crippen molar-refractivity contribution < 1.29 is 9.21 Å². The van der Waals surface area contributed by atoms with Gasteiger partial charge in [-0.1, -0.05) is 23.7 Å². The lowest BCUT2D eigenvalue weighted by Crippen LogP contribution is -2.33. The summed E-state index contributed by atoms with van der Waals surface area (Å²) in [7, 11) is 3.89. The van der Waals surface area contributed by atoms with Gasteiger partial charge in [0.1, 0.15) is 5.76 Å². The fraction of sp³-hybridized carbons (Fsp3) is 0.235. The number of halogens is 1. The molecule has 116 valence electrons. The summed E-state index contributed by atoms with van der Waals surface area (Å²) in [4.78, 5) is 13.9. The number of amides is 1. The van der Waals surface area contributed by atoms with E-state index in [1.165, 1.54) is 6.08 Å². The van der Waals surface area contributed by atoms with Crippen LogP contribution in [0.4, 0.5) is 0 Å². The highest BCUT2D eigenvalue weighted by Crippen LogP contribution is 2.17. The molecule has 4 nitrogen and oxygen atoms in total. The van der Waals surface area contributed by atoms with Crippen molar-refractivity contribution in [3.05, 3.63) is 65.1 Å². The quantitative estimate of drug-likeness (QED) is 0.831. The monoisotopic (exact) mass is 318 g/mol. The molecule has 1 unspecified atom stereocenters. The lowest BCUT2D eigenvalue weighted by Gasteiger charge is -2.22. The number of benzene rings is 1. The van der Waals surface area contributed by atoms with Gasteiger partial charge in [-0.2, -0.15) is 0 Å². The molecule has 0 spiro atoms. The summed E-state index contributed by atoms with van der Waals surface area (Å²) in [6.45, 7) is 0.471. The highest BCUT2D eigenvalue weighted by Gasteiger charge is 2.17. The zero-order valence-corrected chi connectivity index (χ0v) is 13.4. The van der Waals surface area contributed by atoms with E-state index in [1.807, 2.05) is 43.3 Å². The van der Waals surface area contributed by atoms with Gasteiger partial charge in [-0.3, -0.25) is 9.69 Å². The van der Waals surface area contributed by atoms with E-state index in [-0.39, 0.29) is 11.9 Å². The molecule has 1 amide bonds. The summed E-state index contributed by atoms with van der Waals surface area (Å²) in [5.41, 5.74) is 0.887. The van der Waals surface area contributed by atoms with Gasteiger partial charge in [0.05, 0.1) is 12.3 Å². The molecule has 0 aliphatic heterocycles. The number of furan rings is 1. The molecule has 0 fully saturated rings. The molecule has 0 saturated carbocycles. The Hall–Kier alpha value is -2.04. The standard InChI is InChI=1S/C17H19ClN2O2/c1-20(2)15(16-7-4-10-22-16)12-19-17(21)9-8-13-5-3-6-14(18)11-13/h3-11,15H,12H2,1-2H3,(H,19,21)/b9-8+. The number of carbonyl (C=O) groups excluding carboxylic acids is 1. The van der Waals surface area contributed by atoms with Gasteiger partial charge >= 0.3 is 0 Å². The van der Waals surface area contributed by atoms with E-state index in [0.717, 1.165) is 11.3 Å². The van der Waals surface area contributed by atoms with Crippen LogP contribution < -0.4 is 5.32 Å². The Labute approximate surface area is 135 Å². The summed E-state index contributed by atoms with van der Waals surface area (Å²) in [6.07, 6.45) is 4.87. The molecule has 0 bridgehead atoms. The number of nitrogens with one attached hydrogen (secondary N) is 1. The van der Waals surface area contributed by atoms with E-state index in [2.05, 4.69) is 5.32 Å². The van der Waals surface area contributed by atoms with Crippen LogP contribution in [0.2, 0.25) is 5.02 Å². The number of nitrogens with zero attached hydrogens (tertiary/aromatic N) is 1. The van der Waals surface area contributed by atoms with Crippen LogP contribution in [0.25, 0.3) is 6.08 Å². The van der Waals surface area contributed by atoms with Gasteiger partial charge in [0.25, 0.3) is 0 Å². The van der Waals surface area contributed by atoms with Crippen molar-refractivity contribution in [2.45, 2.75) is 6.04 Å². The minimum absolute atomic E-state index is 0.00137. The van der Waals surface area contributed by atoms with Crippen molar-refractivity contribution in [2.75, 3.05) is 20.6 Å². The van der Waals surface area contributed by atoms with Crippen molar-refractivity contribution >= 4 is 23.6 Å². The van der Waals surface area contributed by atoms with E-state index < -0.39 is 0 Å². The third kappa shape index (κ3) is 4.76. The molecule has 1 aromatic heterocycles. The maximum atomic E-state index is 11.9. The van der Waals surface area contributed by atoms with Crippen LogP contribution in [-0.4, -0.2) is 31.4 Å². The Morgan fingerprint density at radius 1 is 1.36 bits per heavy atom. The molecule has 1 N–H and O–H groups in total. The fourth-order valence-electron chi connectivity index (χ4n) is 2.06. The number of likely N-dealkylation sites (N-methyl/N-ethyl adjacent to an activating group) is 1. The SMILES string of the molecule is CN(C)C(CNC(=O)/C=C/c1cccc(Cl)c1)c1ccco1. The first-order chi connectivity index (χ1) is 10.6. The first kappa shape index (κ1) is 16.3. The zero-order valence-electron chi connectivity index (χ0n) is 12.6. The number of hydrogen-bond acceptors (Lipinski definition) is 3. The van der Waals surface area contributed by atoms with Crippen molar-refractivity contribution in [3.8, 4) is 0 Å². The van der Waals surface area contributed by atoms with Crippen molar-refractivity contribution in [3.63, 3.8) is 0 Å². The summed E-state index contributed by atoms with van der Waals surface area (Å²) >= 11 is 5.90. The molecule has 0 aliphatic rings. The summed E-state index contributed by atoms with van der Waals surface area (Å²) in [5.74, 6) is 0.669. The van der Waals surface area contributed by atoms with Crippen LogP contribution in [0.1, 0.15) is 17.4 Å². The average Bonchev–Trinajstić information content (AvgIpc) is 2.99. The normalized spacial score (nSPS) is 12.7. The second-order valence-electron chi connectivity index (χ2n) is 5.13. The summed E-state index contributed by atoms with van der Waals surface area (Å²) in [5, 5.41) is 3.52. The molecule has 2 aromatic rings.